The van der Waals surface area contributed by atoms with Crippen LogP contribution < -0.4 is 0 Å². The smallest absolute Gasteiger partial charge is 0.180 e. The summed E-state index contributed by atoms with van der Waals surface area (Å²) in [5.74, 6) is 0. The van der Waals surface area contributed by atoms with E-state index in [0.717, 1.165) is 23.1 Å². The molecule has 0 atom stereocenters. The first-order valence-corrected chi connectivity index (χ1v) is 17.6. The highest BCUT2D eigenvalue weighted by Crippen LogP contribution is 2.15. The average molecular weight is 570 g/mol. The van der Waals surface area contributed by atoms with Gasteiger partial charge in [0.15, 0.2) is 6.73 Å². The third-order valence-corrected chi connectivity index (χ3v) is 8.60. The van der Waals surface area contributed by atoms with Gasteiger partial charge < -0.3 is 14.1 Å². The summed E-state index contributed by atoms with van der Waals surface area (Å²) in [7, 11) is -2.02. The molecule has 0 saturated carbocycles. The Balaban J connectivity index is 0.00000108. The molecular weight excluding hydrogens is 506 g/mol. The maximum atomic E-state index is 10.4. The Bertz CT molecular complexity index is 740. The molecular formula is C33H63NO4S. The summed E-state index contributed by atoms with van der Waals surface area (Å²) in [5.41, 5.74) is 0.928. The Kier molecular flexibility index (Phi) is 24.2. The monoisotopic (exact) mass is 569 g/mol. The van der Waals surface area contributed by atoms with E-state index in [0.29, 0.717) is 6.73 Å². The van der Waals surface area contributed by atoms with Gasteiger partial charge in [-0.3, -0.25) is 0 Å². The van der Waals surface area contributed by atoms with Gasteiger partial charge in [0.05, 0.1) is 25.0 Å². The number of benzene rings is 1. The fourth-order valence-corrected chi connectivity index (χ4v) is 5.39. The van der Waals surface area contributed by atoms with Crippen molar-refractivity contribution in [1.29, 1.82) is 0 Å². The first kappa shape index (κ1) is 38.0. The fraction of sp³-hybridized carbons (Fsp3) is 0.818. The fourth-order valence-electron chi connectivity index (χ4n) is 4.92. The maximum absolute atomic E-state index is 10.4. The molecule has 0 aliphatic carbocycles. The molecule has 0 aromatic heterocycles. The van der Waals surface area contributed by atoms with E-state index in [4.69, 9.17) is 0 Å². The number of unbranched alkanes of at least 4 members (excludes halogenated alkanes) is 18. The Hall–Kier alpha value is -0.950. The second-order valence-electron chi connectivity index (χ2n) is 11.8. The van der Waals surface area contributed by atoms with Gasteiger partial charge in [0.1, 0.15) is 10.1 Å². The Morgan fingerprint density at radius 1 is 0.615 bits per heavy atom. The molecule has 0 radical (unpaired) electrons. The van der Waals surface area contributed by atoms with Crippen molar-refractivity contribution in [3.63, 3.8) is 0 Å². The summed E-state index contributed by atoms with van der Waals surface area (Å²) in [6.45, 7) is 9.02. The number of aliphatic hydroxyl groups excluding tert-OH is 1. The number of nitrogens with zero attached hydrogens (tertiary/aromatic N) is 1. The van der Waals surface area contributed by atoms with Crippen LogP contribution in [0.2, 0.25) is 0 Å². The molecule has 6 heteroatoms. The minimum atomic E-state index is -4.27. The van der Waals surface area contributed by atoms with E-state index in [-0.39, 0.29) is 4.90 Å². The van der Waals surface area contributed by atoms with Crippen LogP contribution >= 0.6 is 0 Å². The lowest BCUT2D eigenvalue weighted by molar-refractivity contribution is -0.927. The van der Waals surface area contributed by atoms with Crippen LogP contribution in [0.15, 0.2) is 29.2 Å². The van der Waals surface area contributed by atoms with Crippen molar-refractivity contribution in [2.45, 2.75) is 154 Å². The van der Waals surface area contributed by atoms with Gasteiger partial charge in [-0.15, -0.1) is 0 Å². The molecule has 0 saturated heterocycles. The van der Waals surface area contributed by atoms with Crippen LogP contribution in [0.5, 0.6) is 0 Å². The molecule has 0 aliphatic heterocycles. The molecule has 1 aromatic carbocycles. The first-order valence-electron chi connectivity index (χ1n) is 16.2. The number of rotatable bonds is 24. The second kappa shape index (κ2) is 24.8. The molecule has 230 valence electrons. The summed E-state index contributed by atoms with van der Waals surface area (Å²) < 4.78 is 32.0. The van der Waals surface area contributed by atoms with Crippen molar-refractivity contribution >= 4 is 10.1 Å². The largest absolute Gasteiger partial charge is 0.744 e. The van der Waals surface area contributed by atoms with Gasteiger partial charge in [-0.25, -0.2) is 8.42 Å². The van der Waals surface area contributed by atoms with E-state index in [1.54, 1.807) is 12.1 Å². The maximum Gasteiger partial charge on any atom is 0.180 e. The van der Waals surface area contributed by atoms with Crippen LogP contribution in [0.1, 0.15) is 148 Å². The third kappa shape index (κ3) is 23.5. The quantitative estimate of drug-likeness (QED) is 0.0583. The van der Waals surface area contributed by atoms with Crippen LogP contribution in [0.3, 0.4) is 0 Å². The van der Waals surface area contributed by atoms with Crippen molar-refractivity contribution in [2.75, 3.05) is 26.9 Å². The number of quaternary nitrogens is 1. The highest BCUT2D eigenvalue weighted by Gasteiger charge is 2.18. The Morgan fingerprint density at radius 2 is 0.923 bits per heavy atom. The highest BCUT2D eigenvalue weighted by atomic mass is 32.2. The van der Waals surface area contributed by atoms with Crippen LogP contribution in [0.4, 0.5) is 0 Å². The molecule has 0 aliphatic rings. The molecule has 1 rings (SSSR count). The summed E-state index contributed by atoms with van der Waals surface area (Å²) in [5, 5.41) is 9.84. The molecule has 0 spiro atoms. The summed E-state index contributed by atoms with van der Waals surface area (Å²) in [6, 6.07) is 5.78. The van der Waals surface area contributed by atoms with E-state index >= 15 is 0 Å². The van der Waals surface area contributed by atoms with Gasteiger partial charge >= 0.3 is 0 Å². The van der Waals surface area contributed by atoms with Gasteiger partial charge in [-0.05, 0) is 44.7 Å². The average Bonchev–Trinajstić information content (AvgIpc) is 2.91. The summed E-state index contributed by atoms with van der Waals surface area (Å²) in [6.07, 6.45) is 27.8. The molecule has 1 N–H and O–H groups in total. The molecule has 0 amide bonds. The molecule has 0 heterocycles. The lowest BCUT2D eigenvalue weighted by atomic mass is 10.1. The van der Waals surface area contributed by atoms with Crippen molar-refractivity contribution in [1.82, 2.24) is 0 Å². The summed E-state index contributed by atoms with van der Waals surface area (Å²) in [4.78, 5) is -0.178. The third-order valence-electron chi connectivity index (χ3n) is 7.75. The van der Waals surface area contributed by atoms with Gasteiger partial charge in [0.2, 0.25) is 0 Å². The van der Waals surface area contributed by atoms with Gasteiger partial charge in [0, 0.05) is 0 Å². The van der Waals surface area contributed by atoms with Crippen LogP contribution in [-0.4, -0.2) is 49.4 Å². The van der Waals surface area contributed by atoms with E-state index < -0.39 is 10.1 Å². The lowest BCUT2D eigenvalue weighted by Gasteiger charge is -2.32. The Morgan fingerprint density at radius 3 is 1.21 bits per heavy atom. The lowest BCUT2D eigenvalue weighted by Crippen LogP contribution is -2.46. The zero-order chi connectivity index (χ0) is 29.2. The van der Waals surface area contributed by atoms with Crippen molar-refractivity contribution in [2.24, 2.45) is 0 Å². The second-order valence-corrected chi connectivity index (χ2v) is 13.2. The van der Waals surface area contributed by atoms with E-state index in [1.165, 1.54) is 141 Å². The SMILES string of the molecule is CCCCCCCCCCCC[N+](C)(CO)CCCCCCCCCCCC.Cc1ccc(S(=O)(=O)[O-])cc1. The van der Waals surface area contributed by atoms with Gasteiger partial charge in [-0.2, -0.15) is 0 Å². The Labute approximate surface area is 243 Å². The van der Waals surface area contributed by atoms with Crippen LogP contribution in [-0.2, 0) is 10.1 Å². The van der Waals surface area contributed by atoms with Gasteiger partial charge in [-0.1, -0.05) is 134 Å². The molecule has 0 unspecified atom stereocenters. The van der Waals surface area contributed by atoms with Gasteiger partial charge in [0.25, 0.3) is 0 Å². The first-order chi connectivity index (χ1) is 18.7. The van der Waals surface area contributed by atoms with Crippen molar-refractivity contribution in [3.05, 3.63) is 29.8 Å². The normalized spacial score (nSPS) is 11.8. The number of hydrogen-bond acceptors (Lipinski definition) is 4. The van der Waals surface area contributed by atoms with Crippen LogP contribution in [0, 0.1) is 6.92 Å². The predicted molar refractivity (Wildman–Crippen MR) is 166 cm³/mol. The van der Waals surface area contributed by atoms with E-state index in [1.807, 2.05) is 6.92 Å². The number of hydrogen-bond donors (Lipinski definition) is 1. The zero-order valence-electron chi connectivity index (χ0n) is 26.1. The topological polar surface area (TPSA) is 77.4 Å². The minimum absolute atomic E-state index is 0.178. The molecule has 0 bridgehead atoms. The van der Waals surface area contributed by atoms with Crippen molar-refractivity contribution in [3.8, 4) is 0 Å². The standard InChI is InChI=1S/C26H56NO.C7H8O3S/c1-4-6-8-10-12-14-16-18-20-22-24-27(3,26-28)25-23-21-19-17-15-13-11-9-7-5-2;1-6-2-4-7(5-3-6)11(8,9)10/h28H,4-26H2,1-3H3;2-5H,1H3,(H,8,9,10)/q+1;/p-1. The predicted octanol–water partition coefficient (Wildman–Crippen LogP) is 9.12. The zero-order valence-corrected chi connectivity index (χ0v) is 26.9. The molecule has 1 aromatic rings. The van der Waals surface area contributed by atoms with Crippen LogP contribution in [0.25, 0.3) is 0 Å². The highest BCUT2D eigenvalue weighted by molar-refractivity contribution is 7.85. The van der Waals surface area contributed by atoms with E-state index in [2.05, 4.69) is 20.9 Å². The molecule has 0 fully saturated rings. The minimum Gasteiger partial charge on any atom is -0.744 e. The number of aliphatic hydroxyl groups is 1. The number of aryl methyl sites for hydroxylation is 1. The molecule has 39 heavy (non-hydrogen) atoms. The molecule has 5 nitrogen and oxygen atoms in total. The summed E-state index contributed by atoms with van der Waals surface area (Å²) >= 11 is 0. The van der Waals surface area contributed by atoms with E-state index in [9.17, 15) is 18.1 Å². The van der Waals surface area contributed by atoms with Crippen molar-refractivity contribution < 1.29 is 22.6 Å².